The van der Waals surface area contributed by atoms with E-state index in [0.717, 1.165) is 32.1 Å². The largest absolute Gasteiger partial charge is 0.458 e. The van der Waals surface area contributed by atoms with Crippen LogP contribution in [-0.4, -0.2) is 37.0 Å². The summed E-state index contributed by atoms with van der Waals surface area (Å²) in [5.74, 6) is -0.382. The molecule has 1 N–H and O–H groups in total. The fraction of sp³-hybridized carbons (Fsp3) is 0.690. The number of unbranched alkanes of at least 4 members (excludes halogenated alkanes) is 9. The lowest BCUT2D eigenvalue weighted by Crippen LogP contribution is -2.26. The molecule has 0 rings (SSSR count). The van der Waals surface area contributed by atoms with Crippen LogP contribution in [0.4, 0.5) is 0 Å². The van der Waals surface area contributed by atoms with Crippen molar-refractivity contribution >= 4 is 5.97 Å². The van der Waals surface area contributed by atoms with Crippen molar-refractivity contribution in [2.24, 2.45) is 0 Å². The standard InChI is InChI=1S/C29H50O4/c1-3-4-5-6-7-8-9-10-11-12-13-14-15-16-17-18-19-20-21-22-23-24-25-32-27-29(26-30)33-28(2)31/h4-5,7-8,10-11,13-14,29-30H,3,6,9,12,15-27H2,1-2H3/b5-4-,8-7-,11-10-,14-13-. The summed E-state index contributed by atoms with van der Waals surface area (Å²) in [5.41, 5.74) is 0. The number of carbonyl (C=O) groups is 1. The molecule has 0 radical (unpaired) electrons. The van der Waals surface area contributed by atoms with Crippen molar-refractivity contribution < 1.29 is 19.4 Å². The van der Waals surface area contributed by atoms with Crippen LogP contribution >= 0.6 is 0 Å². The van der Waals surface area contributed by atoms with Gasteiger partial charge in [-0.15, -0.1) is 0 Å². The third-order valence-electron chi connectivity index (χ3n) is 5.22. The van der Waals surface area contributed by atoms with E-state index < -0.39 is 6.10 Å². The molecule has 0 saturated heterocycles. The highest BCUT2D eigenvalue weighted by Crippen LogP contribution is 2.11. The highest BCUT2D eigenvalue weighted by Gasteiger charge is 2.10. The molecule has 4 heteroatoms. The van der Waals surface area contributed by atoms with E-state index in [2.05, 4.69) is 55.5 Å². The molecule has 0 aliphatic carbocycles. The SMILES string of the molecule is CC/C=C\C/C=C\C/C=C\C/C=C\CCCCCCCCCCCOCC(CO)OC(C)=O. The van der Waals surface area contributed by atoms with Gasteiger partial charge >= 0.3 is 5.97 Å². The highest BCUT2D eigenvalue weighted by molar-refractivity contribution is 5.66. The first-order chi connectivity index (χ1) is 16.2. The topological polar surface area (TPSA) is 55.8 Å². The number of esters is 1. The quantitative estimate of drug-likeness (QED) is 0.0963. The van der Waals surface area contributed by atoms with Gasteiger partial charge in [-0.05, 0) is 44.9 Å². The zero-order chi connectivity index (χ0) is 24.2. The molecule has 0 aliphatic heterocycles. The van der Waals surface area contributed by atoms with Crippen LogP contribution in [-0.2, 0) is 14.3 Å². The Morgan fingerprint density at radius 3 is 1.73 bits per heavy atom. The Morgan fingerprint density at radius 2 is 1.21 bits per heavy atom. The van der Waals surface area contributed by atoms with Crippen LogP contribution in [0.15, 0.2) is 48.6 Å². The van der Waals surface area contributed by atoms with Gasteiger partial charge in [0.15, 0.2) is 0 Å². The van der Waals surface area contributed by atoms with E-state index in [1.54, 1.807) is 0 Å². The van der Waals surface area contributed by atoms with Gasteiger partial charge in [0.2, 0.25) is 0 Å². The van der Waals surface area contributed by atoms with Crippen LogP contribution in [0.1, 0.15) is 104 Å². The summed E-state index contributed by atoms with van der Waals surface area (Å²) in [7, 11) is 0. The minimum Gasteiger partial charge on any atom is -0.458 e. The van der Waals surface area contributed by atoms with E-state index >= 15 is 0 Å². The Labute approximate surface area is 203 Å². The molecular weight excluding hydrogens is 412 g/mol. The number of ether oxygens (including phenoxy) is 2. The molecule has 1 atom stereocenters. The maximum Gasteiger partial charge on any atom is 0.303 e. The number of carbonyl (C=O) groups excluding carboxylic acids is 1. The Balaban J connectivity index is 3.31. The lowest BCUT2D eigenvalue weighted by molar-refractivity contribution is -0.152. The number of hydrogen-bond donors (Lipinski definition) is 1. The molecular formula is C29H50O4. The van der Waals surface area contributed by atoms with E-state index in [4.69, 9.17) is 14.6 Å². The lowest BCUT2D eigenvalue weighted by atomic mass is 10.1. The van der Waals surface area contributed by atoms with Gasteiger partial charge in [0.25, 0.3) is 0 Å². The zero-order valence-corrected chi connectivity index (χ0v) is 21.4. The maximum absolute atomic E-state index is 10.9. The number of rotatable bonds is 23. The van der Waals surface area contributed by atoms with Gasteiger partial charge in [-0.3, -0.25) is 4.79 Å². The van der Waals surface area contributed by atoms with Gasteiger partial charge in [-0.25, -0.2) is 0 Å². The second-order valence-corrected chi connectivity index (χ2v) is 8.46. The second-order valence-electron chi connectivity index (χ2n) is 8.46. The third-order valence-corrected chi connectivity index (χ3v) is 5.22. The Morgan fingerprint density at radius 1 is 0.727 bits per heavy atom. The molecule has 0 fully saturated rings. The van der Waals surface area contributed by atoms with Crippen LogP contribution in [0.3, 0.4) is 0 Å². The van der Waals surface area contributed by atoms with E-state index in [1.165, 1.54) is 64.7 Å². The predicted octanol–water partition coefficient (Wildman–Crippen LogP) is 7.63. The van der Waals surface area contributed by atoms with Crippen molar-refractivity contribution in [2.75, 3.05) is 19.8 Å². The van der Waals surface area contributed by atoms with Crippen molar-refractivity contribution in [3.05, 3.63) is 48.6 Å². The first-order valence-electron chi connectivity index (χ1n) is 13.2. The summed E-state index contributed by atoms with van der Waals surface area (Å²) in [5, 5.41) is 9.09. The minimum absolute atomic E-state index is 0.191. The summed E-state index contributed by atoms with van der Waals surface area (Å²) in [6.45, 7) is 4.25. The van der Waals surface area contributed by atoms with Crippen molar-refractivity contribution in [1.29, 1.82) is 0 Å². The molecule has 190 valence electrons. The minimum atomic E-state index is -0.537. The first-order valence-corrected chi connectivity index (χ1v) is 13.2. The summed E-state index contributed by atoms with van der Waals surface area (Å²) in [4.78, 5) is 10.9. The van der Waals surface area contributed by atoms with E-state index in [0.29, 0.717) is 6.61 Å². The van der Waals surface area contributed by atoms with Gasteiger partial charge in [-0.1, -0.05) is 100 Å². The first kappa shape index (κ1) is 31.4. The van der Waals surface area contributed by atoms with E-state index in [-0.39, 0.29) is 19.2 Å². The lowest BCUT2D eigenvalue weighted by Gasteiger charge is -2.14. The zero-order valence-electron chi connectivity index (χ0n) is 21.4. The van der Waals surface area contributed by atoms with Crippen LogP contribution in [0.5, 0.6) is 0 Å². The predicted molar refractivity (Wildman–Crippen MR) is 140 cm³/mol. The number of aliphatic hydroxyl groups is 1. The average molecular weight is 463 g/mol. The highest BCUT2D eigenvalue weighted by atomic mass is 16.6. The summed E-state index contributed by atoms with van der Waals surface area (Å²) >= 11 is 0. The van der Waals surface area contributed by atoms with Crippen molar-refractivity contribution in [1.82, 2.24) is 0 Å². The van der Waals surface area contributed by atoms with Crippen LogP contribution < -0.4 is 0 Å². The van der Waals surface area contributed by atoms with Gasteiger partial charge in [-0.2, -0.15) is 0 Å². The molecule has 1 unspecified atom stereocenters. The molecule has 0 bridgehead atoms. The normalized spacial score (nSPS) is 13.2. The molecule has 0 aromatic rings. The fourth-order valence-electron chi connectivity index (χ4n) is 3.37. The Hall–Kier alpha value is -1.65. The van der Waals surface area contributed by atoms with Crippen molar-refractivity contribution in [2.45, 2.75) is 110 Å². The van der Waals surface area contributed by atoms with Gasteiger partial charge in [0.05, 0.1) is 13.2 Å². The van der Waals surface area contributed by atoms with Crippen LogP contribution in [0, 0.1) is 0 Å². The summed E-state index contributed by atoms with van der Waals surface area (Å²) < 4.78 is 10.4. The van der Waals surface area contributed by atoms with Crippen molar-refractivity contribution in [3.63, 3.8) is 0 Å². The Kier molecular flexibility index (Phi) is 25.3. The molecule has 4 nitrogen and oxygen atoms in total. The van der Waals surface area contributed by atoms with E-state index in [9.17, 15) is 4.79 Å². The fourth-order valence-corrected chi connectivity index (χ4v) is 3.37. The molecule has 0 saturated carbocycles. The molecule has 0 aromatic carbocycles. The van der Waals surface area contributed by atoms with Crippen molar-refractivity contribution in [3.8, 4) is 0 Å². The van der Waals surface area contributed by atoms with Gasteiger partial charge < -0.3 is 14.6 Å². The van der Waals surface area contributed by atoms with Gasteiger partial charge in [0.1, 0.15) is 6.10 Å². The number of aliphatic hydroxyl groups excluding tert-OH is 1. The van der Waals surface area contributed by atoms with E-state index in [1.807, 2.05) is 0 Å². The Bertz CT molecular complexity index is 534. The number of hydrogen-bond acceptors (Lipinski definition) is 4. The molecule has 33 heavy (non-hydrogen) atoms. The molecule has 0 aliphatic rings. The maximum atomic E-state index is 10.9. The summed E-state index contributed by atoms with van der Waals surface area (Å²) in [6.07, 6.45) is 34.3. The molecule has 0 amide bonds. The second kappa shape index (κ2) is 26.6. The molecule has 0 spiro atoms. The number of allylic oxidation sites excluding steroid dienone is 8. The van der Waals surface area contributed by atoms with Gasteiger partial charge in [0, 0.05) is 13.5 Å². The van der Waals surface area contributed by atoms with Crippen LogP contribution in [0.25, 0.3) is 0 Å². The third kappa shape index (κ3) is 26.5. The van der Waals surface area contributed by atoms with Crippen LogP contribution in [0.2, 0.25) is 0 Å². The monoisotopic (exact) mass is 462 g/mol. The smallest absolute Gasteiger partial charge is 0.303 e. The summed E-state index contributed by atoms with van der Waals surface area (Å²) in [6, 6.07) is 0. The molecule has 0 heterocycles. The average Bonchev–Trinajstić information content (AvgIpc) is 2.80. The molecule has 0 aromatic heterocycles.